The number of rotatable bonds is 3. The van der Waals surface area contributed by atoms with E-state index in [1.54, 1.807) is 0 Å². The smallest absolute Gasteiger partial charge is 0.222 e. The van der Waals surface area contributed by atoms with Crippen molar-refractivity contribution in [1.82, 2.24) is 15.3 Å². The molecule has 5 heteroatoms. The molecule has 1 fully saturated rings. The third-order valence-electron chi connectivity index (χ3n) is 3.45. The van der Waals surface area contributed by atoms with E-state index in [1.807, 2.05) is 18.2 Å². The fraction of sp³-hybridized carbons (Fsp3) is 0.333. The zero-order chi connectivity index (χ0) is 13.8. The molecule has 0 saturated carbocycles. The Morgan fingerprint density at radius 2 is 1.85 bits per heavy atom. The second-order valence-electron chi connectivity index (χ2n) is 4.98. The van der Waals surface area contributed by atoms with Gasteiger partial charge in [0.2, 0.25) is 5.95 Å². The molecule has 0 unspecified atom stereocenters. The van der Waals surface area contributed by atoms with E-state index in [-0.39, 0.29) is 0 Å². The average Bonchev–Trinajstić information content (AvgIpc) is 2.49. The van der Waals surface area contributed by atoms with E-state index in [2.05, 4.69) is 38.4 Å². The number of aromatic nitrogens is 2. The molecule has 0 amide bonds. The molecule has 0 spiro atoms. The van der Waals surface area contributed by atoms with Crippen LogP contribution in [0.25, 0.3) is 0 Å². The number of nitrogens with zero attached hydrogens (tertiary/aromatic N) is 3. The van der Waals surface area contributed by atoms with E-state index in [0.717, 1.165) is 44.1 Å². The number of nitrogens with two attached hydrogens (primary N) is 1. The third kappa shape index (κ3) is 3.05. The molecule has 1 aromatic carbocycles. The Balaban J connectivity index is 1.82. The van der Waals surface area contributed by atoms with Crippen LogP contribution in [0.4, 0.5) is 11.8 Å². The molecular formula is C15H19N5. The molecule has 0 atom stereocenters. The molecule has 2 heterocycles. The van der Waals surface area contributed by atoms with Gasteiger partial charge in [0, 0.05) is 38.7 Å². The Morgan fingerprint density at radius 1 is 1.10 bits per heavy atom. The minimum atomic E-state index is 0.354. The minimum Gasteiger partial charge on any atom is -0.368 e. The zero-order valence-corrected chi connectivity index (χ0v) is 11.4. The van der Waals surface area contributed by atoms with Crippen molar-refractivity contribution >= 4 is 11.8 Å². The lowest BCUT2D eigenvalue weighted by Crippen LogP contribution is -2.44. The second kappa shape index (κ2) is 5.88. The van der Waals surface area contributed by atoms with Crippen molar-refractivity contribution in [2.24, 2.45) is 0 Å². The van der Waals surface area contributed by atoms with Crippen molar-refractivity contribution in [2.75, 3.05) is 36.8 Å². The van der Waals surface area contributed by atoms with Gasteiger partial charge in [0.1, 0.15) is 5.82 Å². The fourth-order valence-corrected chi connectivity index (χ4v) is 2.45. The monoisotopic (exact) mass is 269 g/mol. The molecule has 104 valence electrons. The highest BCUT2D eigenvalue weighted by atomic mass is 15.2. The van der Waals surface area contributed by atoms with Gasteiger partial charge < -0.3 is 16.0 Å². The zero-order valence-electron chi connectivity index (χ0n) is 11.4. The van der Waals surface area contributed by atoms with Crippen molar-refractivity contribution in [1.29, 1.82) is 0 Å². The van der Waals surface area contributed by atoms with Gasteiger partial charge in [-0.1, -0.05) is 30.3 Å². The SMILES string of the molecule is Nc1nc(Cc2ccccc2)cc(N2CCNCC2)n1. The molecule has 1 saturated heterocycles. The van der Waals surface area contributed by atoms with Crippen LogP contribution in [0.1, 0.15) is 11.3 Å². The summed E-state index contributed by atoms with van der Waals surface area (Å²) in [6.45, 7) is 3.89. The highest BCUT2D eigenvalue weighted by molar-refractivity contribution is 5.45. The molecule has 3 N–H and O–H groups in total. The van der Waals surface area contributed by atoms with E-state index in [9.17, 15) is 0 Å². The van der Waals surface area contributed by atoms with E-state index in [4.69, 9.17) is 5.73 Å². The first-order valence-electron chi connectivity index (χ1n) is 6.94. The summed E-state index contributed by atoms with van der Waals surface area (Å²) in [5.41, 5.74) is 8.06. The fourth-order valence-electron chi connectivity index (χ4n) is 2.45. The normalized spacial score (nSPS) is 15.3. The molecule has 0 bridgehead atoms. The maximum absolute atomic E-state index is 5.86. The largest absolute Gasteiger partial charge is 0.368 e. The molecule has 20 heavy (non-hydrogen) atoms. The Hall–Kier alpha value is -2.14. The topological polar surface area (TPSA) is 67.1 Å². The summed E-state index contributed by atoms with van der Waals surface area (Å²) < 4.78 is 0. The maximum atomic E-state index is 5.86. The van der Waals surface area contributed by atoms with Crippen LogP contribution in [0.5, 0.6) is 0 Å². The molecule has 0 radical (unpaired) electrons. The van der Waals surface area contributed by atoms with Crippen LogP contribution >= 0.6 is 0 Å². The van der Waals surface area contributed by atoms with E-state index in [0.29, 0.717) is 5.95 Å². The third-order valence-corrected chi connectivity index (χ3v) is 3.45. The van der Waals surface area contributed by atoms with Crippen LogP contribution in [-0.4, -0.2) is 36.1 Å². The summed E-state index contributed by atoms with van der Waals surface area (Å²) in [5.74, 6) is 1.29. The van der Waals surface area contributed by atoms with Crippen molar-refractivity contribution in [3.05, 3.63) is 47.7 Å². The number of nitrogens with one attached hydrogen (secondary N) is 1. The van der Waals surface area contributed by atoms with Crippen molar-refractivity contribution < 1.29 is 0 Å². The quantitative estimate of drug-likeness (QED) is 0.872. The highest BCUT2D eigenvalue weighted by Crippen LogP contribution is 2.16. The van der Waals surface area contributed by atoms with Crippen molar-refractivity contribution in [3.8, 4) is 0 Å². The predicted molar refractivity (Wildman–Crippen MR) is 80.8 cm³/mol. The maximum Gasteiger partial charge on any atom is 0.222 e. The Kier molecular flexibility index (Phi) is 3.78. The van der Waals surface area contributed by atoms with Gasteiger partial charge in [-0.3, -0.25) is 0 Å². The summed E-state index contributed by atoms with van der Waals surface area (Å²) in [4.78, 5) is 11.0. The first kappa shape index (κ1) is 12.9. The van der Waals surface area contributed by atoms with E-state index >= 15 is 0 Å². The lowest BCUT2D eigenvalue weighted by molar-refractivity contribution is 0.584. The first-order chi connectivity index (χ1) is 9.81. The van der Waals surface area contributed by atoms with Crippen molar-refractivity contribution in [3.63, 3.8) is 0 Å². The van der Waals surface area contributed by atoms with Crippen LogP contribution in [0.15, 0.2) is 36.4 Å². The van der Waals surface area contributed by atoms with Gasteiger partial charge in [0.25, 0.3) is 0 Å². The second-order valence-corrected chi connectivity index (χ2v) is 4.98. The van der Waals surface area contributed by atoms with Gasteiger partial charge in [0.15, 0.2) is 0 Å². The molecule has 5 nitrogen and oxygen atoms in total. The molecule has 1 aliphatic heterocycles. The van der Waals surface area contributed by atoms with Crippen LogP contribution in [0, 0.1) is 0 Å². The number of hydrogen-bond acceptors (Lipinski definition) is 5. The van der Waals surface area contributed by atoms with E-state index < -0.39 is 0 Å². The average molecular weight is 269 g/mol. The Labute approximate surface area is 118 Å². The highest BCUT2D eigenvalue weighted by Gasteiger charge is 2.13. The first-order valence-corrected chi connectivity index (χ1v) is 6.94. The van der Waals surface area contributed by atoms with Crippen LogP contribution < -0.4 is 16.0 Å². The molecule has 0 aliphatic carbocycles. The van der Waals surface area contributed by atoms with Crippen LogP contribution in [0.2, 0.25) is 0 Å². The van der Waals surface area contributed by atoms with Gasteiger partial charge in [-0.15, -0.1) is 0 Å². The van der Waals surface area contributed by atoms with Gasteiger partial charge in [0.05, 0.1) is 5.69 Å². The molecule has 1 aromatic heterocycles. The Bertz CT molecular complexity index is 564. The van der Waals surface area contributed by atoms with Gasteiger partial charge in [-0.25, -0.2) is 4.98 Å². The summed E-state index contributed by atoms with van der Waals surface area (Å²) in [6.07, 6.45) is 0.784. The van der Waals surface area contributed by atoms with E-state index in [1.165, 1.54) is 5.56 Å². The molecule has 1 aliphatic rings. The van der Waals surface area contributed by atoms with Crippen LogP contribution in [0.3, 0.4) is 0 Å². The molecule has 2 aromatic rings. The van der Waals surface area contributed by atoms with Gasteiger partial charge in [-0.05, 0) is 5.56 Å². The van der Waals surface area contributed by atoms with Gasteiger partial charge in [-0.2, -0.15) is 4.98 Å². The standard InChI is InChI=1S/C15H19N5/c16-15-18-13(10-12-4-2-1-3-5-12)11-14(19-15)20-8-6-17-7-9-20/h1-5,11,17H,6-10H2,(H2,16,18,19). The number of anilines is 2. The lowest BCUT2D eigenvalue weighted by atomic mass is 10.1. The number of benzene rings is 1. The molecule has 3 rings (SSSR count). The van der Waals surface area contributed by atoms with Crippen molar-refractivity contribution in [2.45, 2.75) is 6.42 Å². The summed E-state index contributed by atoms with van der Waals surface area (Å²) in [7, 11) is 0. The summed E-state index contributed by atoms with van der Waals surface area (Å²) in [5, 5.41) is 3.34. The number of hydrogen-bond donors (Lipinski definition) is 2. The lowest BCUT2D eigenvalue weighted by Gasteiger charge is -2.28. The summed E-state index contributed by atoms with van der Waals surface area (Å²) in [6, 6.07) is 12.3. The Morgan fingerprint density at radius 3 is 2.60 bits per heavy atom. The molecular weight excluding hydrogens is 250 g/mol. The van der Waals surface area contributed by atoms with Crippen LogP contribution in [-0.2, 0) is 6.42 Å². The minimum absolute atomic E-state index is 0.354. The van der Waals surface area contributed by atoms with Gasteiger partial charge >= 0.3 is 0 Å². The predicted octanol–water partition coefficient (Wildman–Crippen LogP) is 1.06. The summed E-state index contributed by atoms with van der Waals surface area (Å²) >= 11 is 0. The number of piperazine rings is 1. The number of nitrogen functional groups attached to an aromatic ring is 1.